The van der Waals surface area contributed by atoms with Crippen LogP contribution in [0.2, 0.25) is 0 Å². The molecule has 0 spiro atoms. The lowest BCUT2D eigenvalue weighted by Gasteiger charge is -2.08. The van der Waals surface area contributed by atoms with E-state index in [2.05, 4.69) is 5.10 Å². The molecule has 0 saturated carbocycles. The van der Waals surface area contributed by atoms with Gasteiger partial charge < -0.3 is 10.5 Å². The van der Waals surface area contributed by atoms with Crippen molar-refractivity contribution in [1.82, 2.24) is 9.78 Å². The molecule has 5 nitrogen and oxygen atoms in total. The number of hydrogen-bond acceptors (Lipinski definition) is 3. The summed E-state index contributed by atoms with van der Waals surface area (Å²) in [4.78, 5) is 0. The fourth-order valence-electron chi connectivity index (χ4n) is 1.88. The molecule has 1 aromatic carbocycles. The van der Waals surface area contributed by atoms with Crippen LogP contribution in [0.15, 0.2) is 30.3 Å². The van der Waals surface area contributed by atoms with E-state index in [1.165, 1.54) is 0 Å². The zero-order valence-corrected chi connectivity index (χ0v) is 11.2. The second-order valence-electron chi connectivity index (χ2n) is 4.44. The first-order valence-electron chi connectivity index (χ1n) is 6.14. The Balaban J connectivity index is 1.89. The average molecular weight is 258 g/mol. The van der Waals surface area contributed by atoms with Crippen molar-refractivity contribution in [3.63, 3.8) is 0 Å². The van der Waals surface area contributed by atoms with Crippen LogP contribution in [0.4, 0.5) is 0 Å². The fourth-order valence-corrected chi connectivity index (χ4v) is 1.88. The highest BCUT2D eigenvalue weighted by Crippen LogP contribution is 2.12. The third kappa shape index (κ3) is 3.34. The Morgan fingerprint density at radius 3 is 2.53 bits per heavy atom. The standard InChI is InChI=1S/C14H18N4O/c1-10-9-11(2)18(17-10)7-8-19-13-5-3-12(4-6-13)14(15)16/h3-6,9H,7-8H2,1-2H3,(H3,15,16). The maximum Gasteiger partial charge on any atom is 0.122 e. The van der Waals surface area contributed by atoms with E-state index in [1.54, 1.807) is 12.1 Å². The molecule has 2 aromatic rings. The van der Waals surface area contributed by atoms with Crippen molar-refractivity contribution in [3.05, 3.63) is 47.3 Å². The van der Waals surface area contributed by atoms with Crippen molar-refractivity contribution in [2.75, 3.05) is 6.61 Å². The van der Waals surface area contributed by atoms with Gasteiger partial charge in [0.15, 0.2) is 0 Å². The zero-order chi connectivity index (χ0) is 13.8. The summed E-state index contributed by atoms with van der Waals surface area (Å²) in [5.74, 6) is 0.834. The van der Waals surface area contributed by atoms with Crippen LogP contribution in [0, 0.1) is 19.3 Å². The monoisotopic (exact) mass is 258 g/mol. The Hall–Kier alpha value is -2.30. The van der Waals surface area contributed by atoms with Crippen molar-refractivity contribution in [1.29, 1.82) is 5.41 Å². The third-order valence-electron chi connectivity index (χ3n) is 2.84. The smallest absolute Gasteiger partial charge is 0.122 e. The number of rotatable bonds is 5. The maximum absolute atomic E-state index is 7.31. The van der Waals surface area contributed by atoms with Crippen molar-refractivity contribution in [3.8, 4) is 5.75 Å². The number of nitrogens with one attached hydrogen (secondary N) is 1. The molecule has 3 N–H and O–H groups in total. The Kier molecular flexibility index (Phi) is 3.85. The molecule has 0 amide bonds. The Morgan fingerprint density at radius 1 is 1.32 bits per heavy atom. The summed E-state index contributed by atoms with van der Waals surface area (Å²) in [6.07, 6.45) is 0. The number of aromatic nitrogens is 2. The van der Waals surface area contributed by atoms with Gasteiger partial charge in [0.05, 0.1) is 12.2 Å². The predicted octanol–water partition coefficient (Wildman–Crippen LogP) is 1.86. The molecule has 0 fully saturated rings. The van der Waals surface area contributed by atoms with E-state index in [1.807, 2.05) is 36.7 Å². The lowest BCUT2D eigenvalue weighted by atomic mass is 10.2. The van der Waals surface area contributed by atoms with Crippen LogP contribution in [0.3, 0.4) is 0 Å². The van der Waals surface area contributed by atoms with Gasteiger partial charge in [-0.1, -0.05) is 0 Å². The topological polar surface area (TPSA) is 76.9 Å². The van der Waals surface area contributed by atoms with Crippen LogP contribution < -0.4 is 10.5 Å². The summed E-state index contributed by atoms with van der Waals surface area (Å²) in [6.45, 7) is 5.28. The van der Waals surface area contributed by atoms with Gasteiger partial charge in [0.1, 0.15) is 18.2 Å². The SMILES string of the molecule is Cc1cc(C)n(CCOc2ccc(C(=N)N)cc2)n1. The molecule has 1 heterocycles. The van der Waals surface area contributed by atoms with Crippen molar-refractivity contribution >= 4 is 5.84 Å². The quantitative estimate of drug-likeness (QED) is 0.635. The number of nitrogens with two attached hydrogens (primary N) is 1. The molecule has 19 heavy (non-hydrogen) atoms. The van der Waals surface area contributed by atoms with Gasteiger partial charge in [0.25, 0.3) is 0 Å². The number of aryl methyl sites for hydroxylation is 2. The van der Waals surface area contributed by atoms with Crippen molar-refractivity contribution < 1.29 is 4.74 Å². The molecule has 0 saturated heterocycles. The van der Waals surface area contributed by atoms with Crippen molar-refractivity contribution in [2.24, 2.45) is 5.73 Å². The summed E-state index contributed by atoms with van der Waals surface area (Å²) in [7, 11) is 0. The predicted molar refractivity (Wildman–Crippen MR) is 74.7 cm³/mol. The molecule has 1 aromatic heterocycles. The Bertz CT molecular complexity index is 572. The molecule has 0 radical (unpaired) electrons. The van der Waals surface area contributed by atoms with E-state index in [0.29, 0.717) is 18.7 Å². The van der Waals surface area contributed by atoms with Crippen LogP contribution in [0.25, 0.3) is 0 Å². The van der Waals surface area contributed by atoms with E-state index in [9.17, 15) is 0 Å². The first-order chi connectivity index (χ1) is 9.06. The van der Waals surface area contributed by atoms with E-state index in [0.717, 1.165) is 17.1 Å². The highest BCUT2D eigenvalue weighted by molar-refractivity contribution is 5.94. The number of nitrogens with zero attached hydrogens (tertiary/aromatic N) is 2. The second-order valence-corrected chi connectivity index (χ2v) is 4.44. The van der Waals surface area contributed by atoms with E-state index in [-0.39, 0.29) is 5.84 Å². The largest absolute Gasteiger partial charge is 0.492 e. The highest BCUT2D eigenvalue weighted by atomic mass is 16.5. The van der Waals surface area contributed by atoms with Crippen LogP contribution in [-0.4, -0.2) is 22.2 Å². The lowest BCUT2D eigenvalue weighted by molar-refractivity contribution is 0.289. The summed E-state index contributed by atoms with van der Waals surface area (Å²) in [6, 6.07) is 9.24. The molecule has 100 valence electrons. The first-order valence-corrected chi connectivity index (χ1v) is 6.14. The highest BCUT2D eigenvalue weighted by Gasteiger charge is 2.01. The van der Waals surface area contributed by atoms with Gasteiger partial charge in [-0.05, 0) is 44.2 Å². The minimum absolute atomic E-state index is 0.0641. The molecule has 0 aliphatic heterocycles. The summed E-state index contributed by atoms with van der Waals surface area (Å²) in [5.41, 5.74) is 8.24. The minimum atomic E-state index is 0.0641. The van der Waals surface area contributed by atoms with Gasteiger partial charge in [-0.25, -0.2) is 0 Å². The number of hydrogen-bond donors (Lipinski definition) is 2. The Labute approximate surface area is 112 Å². The van der Waals surface area contributed by atoms with Crippen LogP contribution in [0.1, 0.15) is 17.0 Å². The van der Waals surface area contributed by atoms with Gasteiger partial charge in [-0.2, -0.15) is 5.10 Å². The zero-order valence-electron chi connectivity index (χ0n) is 11.2. The van der Waals surface area contributed by atoms with E-state index >= 15 is 0 Å². The molecule has 5 heteroatoms. The molecule has 0 atom stereocenters. The Morgan fingerprint density at radius 2 is 2.00 bits per heavy atom. The molecule has 0 aliphatic carbocycles. The second kappa shape index (κ2) is 5.56. The van der Waals surface area contributed by atoms with Gasteiger partial charge in [-0.3, -0.25) is 10.1 Å². The molecular weight excluding hydrogens is 240 g/mol. The van der Waals surface area contributed by atoms with Crippen molar-refractivity contribution in [2.45, 2.75) is 20.4 Å². The number of nitrogen functional groups attached to an aromatic ring is 1. The number of amidine groups is 1. The average Bonchev–Trinajstić information content (AvgIpc) is 2.68. The normalized spacial score (nSPS) is 10.4. The lowest BCUT2D eigenvalue weighted by Crippen LogP contribution is -2.12. The molecule has 0 bridgehead atoms. The number of ether oxygens (including phenoxy) is 1. The van der Waals surface area contributed by atoms with Crippen LogP contribution in [-0.2, 0) is 6.54 Å². The third-order valence-corrected chi connectivity index (χ3v) is 2.84. The summed E-state index contributed by atoms with van der Waals surface area (Å²) in [5, 5.41) is 11.7. The van der Waals surface area contributed by atoms with E-state index in [4.69, 9.17) is 15.9 Å². The van der Waals surface area contributed by atoms with Gasteiger partial charge in [0, 0.05) is 11.3 Å². The molecule has 0 aliphatic rings. The fraction of sp³-hybridized carbons (Fsp3) is 0.286. The van der Waals surface area contributed by atoms with Crippen LogP contribution in [0.5, 0.6) is 5.75 Å². The summed E-state index contributed by atoms with van der Waals surface area (Å²) < 4.78 is 7.57. The van der Waals surface area contributed by atoms with Crippen LogP contribution >= 0.6 is 0 Å². The van der Waals surface area contributed by atoms with Gasteiger partial charge >= 0.3 is 0 Å². The minimum Gasteiger partial charge on any atom is -0.492 e. The van der Waals surface area contributed by atoms with Gasteiger partial charge in [-0.15, -0.1) is 0 Å². The molecule has 2 rings (SSSR count). The summed E-state index contributed by atoms with van der Waals surface area (Å²) >= 11 is 0. The number of benzene rings is 1. The maximum atomic E-state index is 7.31. The van der Waals surface area contributed by atoms with E-state index < -0.39 is 0 Å². The molecular formula is C14H18N4O. The first kappa shape index (κ1) is 13.1. The molecule has 0 unspecified atom stereocenters. The van der Waals surface area contributed by atoms with Gasteiger partial charge in [0.2, 0.25) is 0 Å².